The molecule has 186 valence electrons. The molecule has 0 unspecified atom stereocenters. The van der Waals surface area contributed by atoms with Crippen LogP contribution in [0.15, 0.2) is 72.9 Å². The van der Waals surface area contributed by atoms with Crippen LogP contribution >= 0.6 is 0 Å². The number of hydrogen-bond donors (Lipinski definition) is 3. The van der Waals surface area contributed by atoms with Crippen LogP contribution in [0.5, 0.6) is 17.2 Å². The Bertz CT molecular complexity index is 1480. The maximum absolute atomic E-state index is 12.8. The lowest BCUT2D eigenvalue weighted by Gasteiger charge is -2.11. The maximum Gasteiger partial charge on any atom is 0.433 e. The lowest BCUT2D eigenvalue weighted by Crippen LogP contribution is -2.18. The number of ether oxygens (including phenoxy) is 1. The maximum atomic E-state index is 12.8. The number of benzene rings is 2. The number of halogens is 3. The molecule has 5 N–H and O–H groups in total. The number of alkyl halides is 3. The van der Waals surface area contributed by atoms with Gasteiger partial charge in [0, 0.05) is 29.6 Å². The summed E-state index contributed by atoms with van der Waals surface area (Å²) in [6.45, 7) is 0. The largest absolute Gasteiger partial charge is 0.457 e. The first-order valence-corrected chi connectivity index (χ1v) is 11.5. The number of nitrogens with zero attached hydrogens (tertiary/aromatic N) is 3. The third-order valence-corrected chi connectivity index (χ3v) is 4.91. The van der Waals surface area contributed by atoms with Crippen LogP contribution in [0.3, 0.4) is 0 Å². The number of pyridine rings is 1. The fourth-order valence-corrected chi connectivity index (χ4v) is 3.39. The van der Waals surface area contributed by atoms with E-state index in [4.69, 9.17) is 15.6 Å². The Morgan fingerprint density at radius 1 is 0.861 bits per heavy atom. The van der Waals surface area contributed by atoms with Gasteiger partial charge >= 0.3 is 16.5 Å². The molecule has 0 aliphatic rings. The molecule has 0 spiro atoms. The molecule has 0 radical (unpaired) electrons. The van der Waals surface area contributed by atoms with Crippen molar-refractivity contribution in [2.45, 2.75) is 6.18 Å². The number of aromatic nitrogens is 3. The Hall–Kier alpha value is -4.43. The minimum Gasteiger partial charge on any atom is -0.457 e. The summed E-state index contributed by atoms with van der Waals surface area (Å²) in [4.78, 5) is 11.6. The second-order valence-corrected chi connectivity index (χ2v) is 8.38. The predicted octanol–water partition coefficient (Wildman–Crippen LogP) is 4.26. The Balaban J connectivity index is 1.47. The van der Waals surface area contributed by atoms with E-state index in [9.17, 15) is 21.6 Å². The molecule has 0 aliphatic carbocycles. The standard InChI is InChI=1S/C22H17F3N6O4S/c23-22(24,25)19-11-17(9-10-28-19)34-15-7-3-14(4-8-15)29-20-12-18(30-21(26)31-20)13-1-5-16(6-2-13)35-36(27,32)33/h1-12H,(H2,27,32,33)(H3,26,29,30,31). The summed E-state index contributed by atoms with van der Waals surface area (Å²) < 4.78 is 70.7. The number of nitrogen functional groups attached to an aromatic ring is 1. The molecule has 0 saturated heterocycles. The molecule has 14 heteroatoms. The molecular formula is C22H17F3N6O4S. The summed E-state index contributed by atoms with van der Waals surface area (Å²) in [5, 5.41) is 7.90. The van der Waals surface area contributed by atoms with Crippen LogP contribution in [0.1, 0.15) is 5.69 Å². The van der Waals surface area contributed by atoms with Crippen molar-refractivity contribution in [1.82, 2.24) is 15.0 Å². The third kappa shape index (κ3) is 6.58. The molecule has 2 aromatic heterocycles. The van der Waals surface area contributed by atoms with E-state index in [0.29, 0.717) is 28.5 Å². The van der Waals surface area contributed by atoms with Crippen molar-refractivity contribution < 1.29 is 30.5 Å². The van der Waals surface area contributed by atoms with Gasteiger partial charge in [-0.05, 0) is 54.6 Å². The van der Waals surface area contributed by atoms with E-state index in [0.717, 1.165) is 12.3 Å². The molecule has 2 aromatic carbocycles. The average Bonchev–Trinajstić information content (AvgIpc) is 2.79. The molecule has 2 heterocycles. The fourth-order valence-electron chi connectivity index (χ4n) is 3.01. The van der Waals surface area contributed by atoms with Gasteiger partial charge in [-0.25, -0.2) is 4.98 Å². The highest BCUT2D eigenvalue weighted by molar-refractivity contribution is 7.84. The smallest absolute Gasteiger partial charge is 0.433 e. The number of rotatable bonds is 7. The summed E-state index contributed by atoms with van der Waals surface area (Å²) in [7, 11) is -4.14. The Morgan fingerprint density at radius 2 is 1.53 bits per heavy atom. The molecule has 0 fully saturated rings. The normalized spacial score (nSPS) is 11.7. The van der Waals surface area contributed by atoms with Crippen molar-refractivity contribution in [3.8, 4) is 28.5 Å². The van der Waals surface area contributed by atoms with E-state index in [-0.39, 0.29) is 17.4 Å². The molecule has 0 saturated carbocycles. The summed E-state index contributed by atoms with van der Waals surface area (Å²) in [6, 6.07) is 16.1. The Kier molecular flexibility index (Phi) is 6.63. The van der Waals surface area contributed by atoms with Crippen molar-refractivity contribution in [2.24, 2.45) is 5.14 Å². The lowest BCUT2D eigenvalue weighted by molar-refractivity contribution is -0.141. The topological polar surface area (TPSA) is 155 Å². The Morgan fingerprint density at radius 3 is 2.17 bits per heavy atom. The summed E-state index contributed by atoms with van der Waals surface area (Å²) in [6.07, 6.45) is -3.56. The Labute approximate surface area is 203 Å². The highest BCUT2D eigenvalue weighted by atomic mass is 32.2. The molecule has 0 bridgehead atoms. The van der Waals surface area contributed by atoms with Crippen LogP contribution in [-0.2, 0) is 16.5 Å². The average molecular weight is 518 g/mol. The lowest BCUT2D eigenvalue weighted by atomic mass is 10.1. The van der Waals surface area contributed by atoms with Gasteiger partial charge in [0.1, 0.15) is 28.8 Å². The number of anilines is 3. The fraction of sp³-hybridized carbons (Fsp3) is 0.0455. The zero-order valence-corrected chi connectivity index (χ0v) is 18.9. The molecule has 4 aromatic rings. The van der Waals surface area contributed by atoms with Crippen molar-refractivity contribution >= 4 is 27.8 Å². The second-order valence-electron chi connectivity index (χ2n) is 7.22. The molecule has 0 aliphatic heterocycles. The minimum atomic E-state index is -4.58. The van der Waals surface area contributed by atoms with Gasteiger partial charge in [0.2, 0.25) is 5.95 Å². The predicted molar refractivity (Wildman–Crippen MR) is 125 cm³/mol. The first-order chi connectivity index (χ1) is 16.9. The number of nitrogens with one attached hydrogen (secondary N) is 1. The highest BCUT2D eigenvalue weighted by Crippen LogP contribution is 2.32. The molecular weight excluding hydrogens is 501 g/mol. The van der Waals surface area contributed by atoms with E-state index < -0.39 is 22.2 Å². The molecule has 36 heavy (non-hydrogen) atoms. The number of hydrogen-bond acceptors (Lipinski definition) is 9. The monoisotopic (exact) mass is 518 g/mol. The summed E-state index contributed by atoms with van der Waals surface area (Å²) >= 11 is 0. The van der Waals surface area contributed by atoms with E-state index in [2.05, 4.69) is 24.5 Å². The van der Waals surface area contributed by atoms with Crippen LogP contribution in [-0.4, -0.2) is 23.4 Å². The zero-order chi connectivity index (χ0) is 25.9. The second kappa shape index (κ2) is 9.67. The van der Waals surface area contributed by atoms with Crippen LogP contribution in [0.4, 0.5) is 30.6 Å². The highest BCUT2D eigenvalue weighted by Gasteiger charge is 2.32. The minimum absolute atomic E-state index is 0.00766. The van der Waals surface area contributed by atoms with Gasteiger partial charge in [0.15, 0.2) is 0 Å². The van der Waals surface area contributed by atoms with E-state index in [1.807, 2.05) is 0 Å². The molecule has 4 rings (SSSR count). The van der Waals surface area contributed by atoms with Crippen LogP contribution in [0.25, 0.3) is 11.3 Å². The first-order valence-electron chi connectivity index (χ1n) is 10.00. The summed E-state index contributed by atoms with van der Waals surface area (Å²) in [5.41, 5.74) is 6.42. The van der Waals surface area contributed by atoms with Crippen molar-refractivity contribution in [3.05, 3.63) is 78.6 Å². The SMILES string of the molecule is Nc1nc(Nc2ccc(Oc3ccnc(C(F)(F)F)c3)cc2)cc(-c2ccc(OS(N)(=O)=O)cc2)n1. The zero-order valence-electron chi connectivity index (χ0n) is 18.1. The third-order valence-electron chi connectivity index (χ3n) is 4.49. The van der Waals surface area contributed by atoms with Gasteiger partial charge in [-0.2, -0.15) is 31.7 Å². The summed E-state index contributed by atoms with van der Waals surface area (Å²) in [5.74, 6) is 0.680. The quantitative estimate of drug-likeness (QED) is 0.325. The van der Waals surface area contributed by atoms with Gasteiger partial charge in [0.25, 0.3) is 0 Å². The van der Waals surface area contributed by atoms with Crippen molar-refractivity contribution in [1.29, 1.82) is 0 Å². The van der Waals surface area contributed by atoms with Gasteiger partial charge in [-0.1, -0.05) is 0 Å². The molecule has 0 atom stereocenters. The van der Waals surface area contributed by atoms with Crippen LogP contribution in [0.2, 0.25) is 0 Å². The first kappa shape index (κ1) is 24.7. The van der Waals surface area contributed by atoms with Gasteiger partial charge < -0.3 is 20.0 Å². The van der Waals surface area contributed by atoms with Crippen molar-refractivity contribution in [3.63, 3.8) is 0 Å². The molecule has 10 nitrogen and oxygen atoms in total. The van der Waals surface area contributed by atoms with E-state index in [1.165, 1.54) is 18.2 Å². The van der Waals surface area contributed by atoms with Gasteiger partial charge in [-0.15, -0.1) is 0 Å². The van der Waals surface area contributed by atoms with Crippen LogP contribution < -0.4 is 25.1 Å². The van der Waals surface area contributed by atoms with E-state index >= 15 is 0 Å². The van der Waals surface area contributed by atoms with Gasteiger partial charge in [-0.3, -0.25) is 4.98 Å². The molecule has 0 amide bonds. The van der Waals surface area contributed by atoms with Crippen LogP contribution in [0, 0.1) is 0 Å². The van der Waals surface area contributed by atoms with Crippen molar-refractivity contribution in [2.75, 3.05) is 11.1 Å². The number of nitrogens with two attached hydrogens (primary N) is 2. The van der Waals surface area contributed by atoms with Gasteiger partial charge in [0.05, 0.1) is 5.69 Å². The van der Waals surface area contributed by atoms with E-state index in [1.54, 1.807) is 42.5 Å².